The van der Waals surface area contributed by atoms with Crippen LogP contribution < -0.4 is 5.32 Å². The SMILES string of the molecule is Cc1oc(C(C)(C)C)cc1CNC(C)(C)CC(=O)O. The Morgan fingerprint density at radius 3 is 2.32 bits per heavy atom. The summed E-state index contributed by atoms with van der Waals surface area (Å²) in [7, 11) is 0. The van der Waals surface area contributed by atoms with E-state index in [0.717, 1.165) is 17.1 Å². The van der Waals surface area contributed by atoms with Gasteiger partial charge in [0, 0.05) is 23.1 Å². The van der Waals surface area contributed by atoms with Crippen LogP contribution in [0.1, 0.15) is 58.1 Å². The Bertz CT molecular complexity index is 452. The predicted octanol–water partition coefficient (Wildman–Crippen LogP) is 3.23. The highest BCUT2D eigenvalue weighted by Crippen LogP contribution is 2.27. The first-order valence-corrected chi connectivity index (χ1v) is 6.58. The number of carboxylic acids is 1. The van der Waals surface area contributed by atoms with Crippen LogP contribution in [0.4, 0.5) is 0 Å². The summed E-state index contributed by atoms with van der Waals surface area (Å²) in [5, 5.41) is 12.1. The van der Waals surface area contributed by atoms with Gasteiger partial charge in [-0.25, -0.2) is 0 Å². The molecule has 4 heteroatoms. The molecule has 0 unspecified atom stereocenters. The maximum atomic E-state index is 10.8. The number of hydrogen-bond donors (Lipinski definition) is 2. The van der Waals surface area contributed by atoms with Crippen LogP contribution in [-0.2, 0) is 16.8 Å². The second kappa shape index (κ2) is 5.37. The highest BCUT2D eigenvalue weighted by Gasteiger charge is 2.23. The fraction of sp³-hybridized carbons (Fsp3) is 0.667. The van der Waals surface area contributed by atoms with Gasteiger partial charge in [0.05, 0.1) is 6.42 Å². The second-order valence-corrected chi connectivity index (χ2v) is 6.75. The van der Waals surface area contributed by atoms with Gasteiger partial charge in [-0.15, -0.1) is 0 Å². The molecule has 108 valence electrons. The van der Waals surface area contributed by atoms with Gasteiger partial charge in [-0.3, -0.25) is 4.79 Å². The number of carbonyl (C=O) groups is 1. The first kappa shape index (κ1) is 15.8. The lowest BCUT2D eigenvalue weighted by Crippen LogP contribution is -2.40. The quantitative estimate of drug-likeness (QED) is 0.859. The van der Waals surface area contributed by atoms with E-state index in [0.29, 0.717) is 6.54 Å². The monoisotopic (exact) mass is 267 g/mol. The first-order chi connectivity index (χ1) is 8.51. The maximum Gasteiger partial charge on any atom is 0.305 e. The van der Waals surface area contributed by atoms with Gasteiger partial charge in [0.25, 0.3) is 0 Å². The average Bonchev–Trinajstić information content (AvgIpc) is 2.54. The number of hydrogen-bond acceptors (Lipinski definition) is 3. The van der Waals surface area contributed by atoms with Crippen molar-refractivity contribution >= 4 is 5.97 Å². The van der Waals surface area contributed by atoms with Crippen LogP contribution in [0.3, 0.4) is 0 Å². The summed E-state index contributed by atoms with van der Waals surface area (Å²) in [6, 6.07) is 2.05. The zero-order valence-electron chi connectivity index (χ0n) is 12.8. The number of aryl methyl sites for hydroxylation is 1. The fourth-order valence-electron chi connectivity index (χ4n) is 1.84. The van der Waals surface area contributed by atoms with Crippen molar-refractivity contribution in [1.29, 1.82) is 0 Å². The molecule has 0 amide bonds. The number of rotatable bonds is 5. The van der Waals surface area contributed by atoms with Gasteiger partial charge in [0.2, 0.25) is 0 Å². The Hall–Kier alpha value is -1.29. The molecule has 4 nitrogen and oxygen atoms in total. The molecule has 1 rings (SSSR count). The lowest BCUT2D eigenvalue weighted by molar-refractivity contribution is -0.138. The van der Waals surface area contributed by atoms with E-state index in [1.54, 1.807) is 0 Å². The van der Waals surface area contributed by atoms with E-state index in [9.17, 15) is 4.79 Å². The Labute approximate surface area is 115 Å². The number of furan rings is 1. The second-order valence-electron chi connectivity index (χ2n) is 6.75. The molecule has 0 bridgehead atoms. The van der Waals surface area contributed by atoms with Gasteiger partial charge in [-0.1, -0.05) is 20.8 Å². The fourth-order valence-corrected chi connectivity index (χ4v) is 1.84. The summed E-state index contributed by atoms with van der Waals surface area (Å²) in [6.07, 6.45) is 0.0933. The van der Waals surface area contributed by atoms with E-state index in [4.69, 9.17) is 9.52 Å². The van der Waals surface area contributed by atoms with E-state index < -0.39 is 11.5 Å². The van der Waals surface area contributed by atoms with Crippen LogP contribution >= 0.6 is 0 Å². The molecule has 0 fully saturated rings. The summed E-state index contributed by atoms with van der Waals surface area (Å²) in [4.78, 5) is 10.8. The van der Waals surface area contributed by atoms with Crippen LogP contribution in [-0.4, -0.2) is 16.6 Å². The first-order valence-electron chi connectivity index (χ1n) is 6.58. The molecule has 0 aliphatic heterocycles. The van der Waals surface area contributed by atoms with Gasteiger partial charge in [-0.05, 0) is 26.8 Å². The van der Waals surface area contributed by atoms with Gasteiger partial charge in [0.1, 0.15) is 11.5 Å². The summed E-state index contributed by atoms with van der Waals surface area (Å²) in [5.74, 6) is 1.05. The predicted molar refractivity (Wildman–Crippen MR) is 75.3 cm³/mol. The van der Waals surface area contributed by atoms with Crippen molar-refractivity contribution < 1.29 is 14.3 Å². The molecule has 0 aliphatic rings. The molecular weight excluding hydrogens is 242 g/mol. The smallest absolute Gasteiger partial charge is 0.305 e. The highest BCUT2D eigenvalue weighted by atomic mass is 16.4. The Morgan fingerprint density at radius 2 is 1.89 bits per heavy atom. The molecule has 0 aromatic carbocycles. The molecule has 0 saturated carbocycles. The maximum absolute atomic E-state index is 10.8. The molecule has 1 aromatic heterocycles. The Balaban J connectivity index is 2.73. The summed E-state index contributed by atoms with van der Waals surface area (Å²) >= 11 is 0. The molecule has 2 N–H and O–H groups in total. The molecule has 0 aliphatic carbocycles. The van der Waals surface area contributed by atoms with Crippen LogP contribution in [0.25, 0.3) is 0 Å². The van der Waals surface area contributed by atoms with Crippen LogP contribution in [0.2, 0.25) is 0 Å². The van der Waals surface area contributed by atoms with Crippen LogP contribution in [0.15, 0.2) is 10.5 Å². The summed E-state index contributed by atoms with van der Waals surface area (Å²) in [6.45, 7) is 12.7. The Kier molecular flexibility index (Phi) is 4.46. The molecule has 0 atom stereocenters. The number of nitrogens with one attached hydrogen (secondary N) is 1. The van der Waals surface area contributed by atoms with Crippen molar-refractivity contribution in [3.05, 3.63) is 23.2 Å². The molecule has 1 heterocycles. The van der Waals surface area contributed by atoms with Gasteiger partial charge in [-0.2, -0.15) is 0 Å². The van der Waals surface area contributed by atoms with Crippen LogP contribution in [0, 0.1) is 6.92 Å². The van der Waals surface area contributed by atoms with Crippen molar-refractivity contribution in [2.45, 2.75) is 65.5 Å². The van der Waals surface area contributed by atoms with E-state index in [1.807, 2.05) is 20.8 Å². The van der Waals surface area contributed by atoms with Crippen molar-refractivity contribution in [2.24, 2.45) is 0 Å². The largest absolute Gasteiger partial charge is 0.481 e. The third kappa shape index (κ3) is 4.71. The molecule has 0 saturated heterocycles. The molecule has 0 radical (unpaired) electrons. The third-order valence-corrected chi connectivity index (χ3v) is 3.11. The highest BCUT2D eigenvalue weighted by molar-refractivity contribution is 5.68. The summed E-state index contributed by atoms with van der Waals surface area (Å²) < 4.78 is 5.77. The normalized spacial score (nSPS) is 12.7. The van der Waals surface area contributed by atoms with Crippen molar-refractivity contribution in [2.75, 3.05) is 0 Å². The van der Waals surface area contributed by atoms with Gasteiger partial charge >= 0.3 is 5.97 Å². The zero-order chi connectivity index (χ0) is 14.8. The molecule has 0 spiro atoms. The zero-order valence-corrected chi connectivity index (χ0v) is 12.8. The third-order valence-electron chi connectivity index (χ3n) is 3.11. The van der Waals surface area contributed by atoms with Gasteiger partial charge < -0.3 is 14.8 Å². The van der Waals surface area contributed by atoms with Crippen molar-refractivity contribution in [1.82, 2.24) is 5.32 Å². The van der Waals surface area contributed by atoms with Crippen LogP contribution in [0.5, 0.6) is 0 Å². The van der Waals surface area contributed by atoms with E-state index in [1.165, 1.54) is 0 Å². The number of aliphatic carboxylic acids is 1. The lowest BCUT2D eigenvalue weighted by atomic mass is 9.93. The van der Waals surface area contributed by atoms with Gasteiger partial charge in [0.15, 0.2) is 0 Å². The molecular formula is C15H25NO3. The summed E-state index contributed by atoms with van der Waals surface area (Å²) in [5.41, 5.74) is 0.639. The number of carboxylic acid groups (broad SMARTS) is 1. The molecule has 1 aromatic rings. The van der Waals surface area contributed by atoms with Crippen molar-refractivity contribution in [3.8, 4) is 0 Å². The van der Waals surface area contributed by atoms with E-state index in [-0.39, 0.29) is 11.8 Å². The average molecular weight is 267 g/mol. The van der Waals surface area contributed by atoms with E-state index >= 15 is 0 Å². The molecule has 19 heavy (non-hydrogen) atoms. The minimum atomic E-state index is -0.795. The lowest BCUT2D eigenvalue weighted by Gasteiger charge is -2.24. The minimum absolute atomic E-state index is 0.0143. The standard InChI is InChI=1S/C15H25NO3/c1-10-11(7-12(19-10)14(2,3)4)9-16-15(5,6)8-13(17)18/h7,16H,8-9H2,1-6H3,(H,17,18). The minimum Gasteiger partial charge on any atom is -0.481 e. The van der Waals surface area contributed by atoms with Crippen molar-refractivity contribution in [3.63, 3.8) is 0 Å². The van der Waals surface area contributed by atoms with E-state index in [2.05, 4.69) is 32.2 Å². The topological polar surface area (TPSA) is 62.5 Å². The Morgan fingerprint density at radius 1 is 1.32 bits per heavy atom.